The predicted octanol–water partition coefficient (Wildman–Crippen LogP) is 6.28. The summed E-state index contributed by atoms with van der Waals surface area (Å²) in [7, 11) is 2.19. The molecule has 0 amide bonds. The Hall–Kier alpha value is -2.59. The Balaban J connectivity index is 2.08. The van der Waals surface area contributed by atoms with Gasteiger partial charge in [-0.25, -0.2) is 0 Å². The molecule has 0 aliphatic carbocycles. The minimum absolute atomic E-state index is 1.33. The van der Waals surface area contributed by atoms with E-state index in [2.05, 4.69) is 103 Å². The van der Waals surface area contributed by atoms with E-state index < -0.39 is 13.3 Å². The molecular formula is C28H29GeN2+. The van der Waals surface area contributed by atoms with Crippen LogP contribution in [0, 0.1) is 20.8 Å². The molecule has 0 saturated carbocycles. The van der Waals surface area contributed by atoms with Crippen molar-refractivity contribution in [2.75, 3.05) is 0 Å². The van der Waals surface area contributed by atoms with Crippen molar-refractivity contribution in [1.29, 1.82) is 0 Å². The third kappa shape index (κ3) is 2.43. The van der Waals surface area contributed by atoms with Crippen molar-refractivity contribution in [2.24, 2.45) is 7.05 Å². The van der Waals surface area contributed by atoms with Gasteiger partial charge in [-0.05, 0) is 0 Å². The summed E-state index contributed by atoms with van der Waals surface area (Å²) in [6.07, 6.45) is 2.24. The monoisotopic (exact) mass is 467 g/mol. The van der Waals surface area contributed by atoms with Crippen LogP contribution in [0.15, 0.2) is 48.7 Å². The standard InChI is InChI=1S/C28H29GeN2/c1-16-12-18(3)24-21-9-8-17(2)25-27(21)31(22(24)13-16)23-15-20(29(4,5)6)14-19-10-11-30(7)28(25)26(19)23/h8-15H,1-7H3/q+1. The van der Waals surface area contributed by atoms with Gasteiger partial charge in [0, 0.05) is 0 Å². The Morgan fingerprint density at radius 1 is 0.774 bits per heavy atom. The number of rotatable bonds is 1. The Morgan fingerprint density at radius 3 is 2.26 bits per heavy atom. The Morgan fingerprint density at radius 2 is 1.52 bits per heavy atom. The Kier molecular flexibility index (Phi) is 3.71. The quantitative estimate of drug-likeness (QED) is 0.117. The van der Waals surface area contributed by atoms with Crippen LogP contribution in [0.3, 0.4) is 0 Å². The van der Waals surface area contributed by atoms with Gasteiger partial charge in [0.2, 0.25) is 0 Å². The summed E-state index contributed by atoms with van der Waals surface area (Å²) in [6.45, 7) is 6.74. The molecule has 31 heavy (non-hydrogen) atoms. The molecule has 2 nitrogen and oxygen atoms in total. The van der Waals surface area contributed by atoms with E-state index in [-0.39, 0.29) is 0 Å². The van der Waals surface area contributed by atoms with Gasteiger partial charge in [0.05, 0.1) is 0 Å². The molecule has 154 valence electrons. The number of benzene rings is 3. The topological polar surface area (TPSA) is 8.29 Å². The third-order valence-electron chi connectivity index (χ3n) is 7.14. The molecule has 3 aromatic heterocycles. The number of fused-ring (bicyclic) bond motifs is 5. The molecule has 0 unspecified atom stereocenters. The second-order valence-corrected chi connectivity index (χ2v) is 21.1. The first kappa shape index (κ1) is 19.1. The second-order valence-electron chi connectivity index (χ2n) is 10.4. The number of hydrogen-bond donors (Lipinski definition) is 0. The van der Waals surface area contributed by atoms with Crippen molar-refractivity contribution < 1.29 is 4.57 Å². The van der Waals surface area contributed by atoms with Crippen LogP contribution < -0.4 is 8.96 Å². The zero-order chi connectivity index (χ0) is 21.8. The fraction of sp³-hybridized carbons (Fsp3) is 0.250. The molecule has 0 spiro atoms. The number of pyridine rings is 2. The van der Waals surface area contributed by atoms with Gasteiger partial charge in [-0.15, -0.1) is 0 Å². The summed E-state index contributed by atoms with van der Waals surface area (Å²) in [5.74, 6) is 7.49. The summed E-state index contributed by atoms with van der Waals surface area (Å²) in [5, 5.41) is 6.91. The van der Waals surface area contributed by atoms with Gasteiger partial charge < -0.3 is 0 Å². The fourth-order valence-electron chi connectivity index (χ4n) is 5.66. The molecule has 3 heterocycles. The molecule has 3 aromatic carbocycles. The predicted molar refractivity (Wildman–Crippen MR) is 137 cm³/mol. The normalized spacial score (nSPS) is 13.0. The summed E-state index contributed by atoms with van der Waals surface area (Å²) >= 11 is -2.03. The van der Waals surface area contributed by atoms with Gasteiger partial charge in [0.25, 0.3) is 0 Å². The van der Waals surface area contributed by atoms with Crippen molar-refractivity contribution in [2.45, 2.75) is 38.0 Å². The Labute approximate surface area is 185 Å². The second kappa shape index (κ2) is 6.01. The van der Waals surface area contributed by atoms with Gasteiger partial charge in [0.1, 0.15) is 0 Å². The van der Waals surface area contributed by atoms with Gasteiger partial charge >= 0.3 is 186 Å². The van der Waals surface area contributed by atoms with E-state index in [1.165, 1.54) is 65.7 Å². The van der Waals surface area contributed by atoms with E-state index in [9.17, 15) is 0 Å². The van der Waals surface area contributed by atoms with Crippen molar-refractivity contribution >= 4 is 66.7 Å². The van der Waals surface area contributed by atoms with Gasteiger partial charge in [-0.2, -0.15) is 0 Å². The zero-order valence-electron chi connectivity index (χ0n) is 19.5. The van der Waals surface area contributed by atoms with E-state index in [0.29, 0.717) is 0 Å². The van der Waals surface area contributed by atoms with Crippen LogP contribution in [0.4, 0.5) is 0 Å². The van der Waals surface area contributed by atoms with Crippen molar-refractivity contribution in [3.05, 3.63) is 65.4 Å². The van der Waals surface area contributed by atoms with Crippen LogP contribution >= 0.6 is 0 Å². The summed E-state index contributed by atoms with van der Waals surface area (Å²) in [5.41, 5.74) is 9.47. The minimum atomic E-state index is -2.03. The van der Waals surface area contributed by atoms with E-state index in [1.54, 1.807) is 4.40 Å². The third-order valence-corrected chi connectivity index (χ3v) is 11.4. The van der Waals surface area contributed by atoms with E-state index >= 15 is 0 Å². The molecule has 6 rings (SSSR count). The number of hydrogen-bond acceptors (Lipinski definition) is 0. The average molecular weight is 466 g/mol. The Bertz CT molecular complexity index is 1700. The van der Waals surface area contributed by atoms with Crippen LogP contribution in [0.25, 0.3) is 49.0 Å². The van der Waals surface area contributed by atoms with Gasteiger partial charge in [-0.3, -0.25) is 0 Å². The molecule has 0 aliphatic heterocycles. The number of nitrogens with zero attached hydrogens (tertiary/aromatic N) is 2. The van der Waals surface area contributed by atoms with Crippen LogP contribution in [0.5, 0.6) is 0 Å². The van der Waals surface area contributed by atoms with Gasteiger partial charge in [0.15, 0.2) is 0 Å². The zero-order valence-corrected chi connectivity index (χ0v) is 21.6. The number of aryl methyl sites for hydroxylation is 4. The number of aromatic nitrogens is 2. The molecule has 0 bridgehead atoms. The van der Waals surface area contributed by atoms with E-state index in [1.807, 2.05) is 0 Å². The SMILES string of the molecule is Cc1cc(C)c2c3ccc(C)c4c3n(c2c1)c1c[c]([Ge]([CH3])([CH3])[CH3])cc2cc[n+](C)c4c21. The van der Waals surface area contributed by atoms with Gasteiger partial charge in [-0.1, -0.05) is 0 Å². The van der Waals surface area contributed by atoms with Crippen LogP contribution in [0.2, 0.25) is 17.3 Å². The summed E-state index contributed by atoms with van der Waals surface area (Å²) < 4.78 is 6.48. The molecule has 3 heteroatoms. The molecule has 0 radical (unpaired) electrons. The van der Waals surface area contributed by atoms with Crippen molar-refractivity contribution in [3.8, 4) is 0 Å². The first-order chi connectivity index (χ1) is 14.7. The molecule has 0 N–H and O–H groups in total. The van der Waals surface area contributed by atoms with Crippen molar-refractivity contribution in [3.63, 3.8) is 0 Å². The van der Waals surface area contributed by atoms with E-state index in [0.717, 1.165) is 0 Å². The molecular weight excluding hydrogens is 437 g/mol. The molecule has 0 atom stereocenters. The molecule has 0 saturated heterocycles. The molecule has 0 fully saturated rings. The molecule has 6 aromatic rings. The van der Waals surface area contributed by atoms with E-state index in [4.69, 9.17) is 0 Å². The van der Waals surface area contributed by atoms with Crippen molar-refractivity contribution in [1.82, 2.24) is 4.40 Å². The fourth-order valence-corrected chi connectivity index (χ4v) is 8.09. The van der Waals surface area contributed by atoms with Crippen LogP contribution in [-0.4, -0.2) is 17.7 Å². The molecule has 0 aliphatic rings. The summed E-state index contributed by atoms with van der Waals surface area (Å²) in [4.78, 5) is 0. The first-order valence-corrected chi connectivity index (χ1v) is 18.5. The maximum absolute atomic E-state index is 2.58. The summed E-state index contributed by atoms with van der Waals surface area (Å²) in [6, 6.07) is 16.7. The first-order valence-electron chi connectivity index (χ1n) is 11.2. The maximum atomic E-state index is 2.58. The average Bonchev–Trinajstić information content (AvgIpc) is 3.02. The van der Waals surface area contributed by atoms with Crippen LogP contribution in [0.1, 0.15) is 16.7 Å². The van der Waals surface area contributed by atoms with Crippen LogP contribution in [-0.2, 0) is 7.05 Å².